The number of hydrogen-bond donors (Lipinski definition) is 1. The molecule has 1 aromatic carbocycles. The second kappa shape index (κ2) is 8.86. The fourth-order valence-corrected chi connectivity index (χ4v) is 2.39. The number of nitrogens with one attached hydrogen (secondary N) is 1. The molecule has 128 valence electrons. The lowest BCUT2D eigenvalue weighted by molar-refractivity contribution is 0.102. The quantitative estimate of drug-likeness (QED) is 0.805. The van der Waals surface area contributed by atoms with Crippen LogP contribution in [0.2, 0.25) is 0 Å². The van der Waals surface area contributed by atoms with Gasteiger partial charge in [0.05, 0.1) is 7.11 Å². The maximum absolute atomic E-state index is 12.3. The highest BCUT2D eigenvalue weighted by molar-refractivity contribution is 6.02. The Morgan fingerprint density at radius 1 is 1.12 bits per heavy atom. The minimum Gasteiger partial charge on any atom is -0.497 e. The van der Waals surface area contributed by atoms with Crippen LogP contribution in [0, 0.1) is 0 Å². The van der Waals surface area contributed by atoms with E-state index in [9.17, 15) is 4.79 Å². The number of carbonyl (C=O) groups is 1. The summed E-state index contributed by atoms with van der Waals surface area (Å²) in [6, 6.07) is 10.7. The fraction of sp³-hybridized carbons (Fsp3) is 0.389. The fourth-order valence-electron chi connectivity index (χ4n) is 2.39. The monoisotopic (exact) mass is 328 g/mol. The van der Waals surface area contributed by atoms with Crippen LogP contribution in [0.4, 0.5) is 11.5 Å². The summed E-state index contributed by atoms with van der Waals surface area (Å²) in [4.78, 5) is 14.5. The van der Waals surface area contributed by atoms with E-state index in [1.165, 1.54) is 0 Å². The van der Waals surface area contributed by atoms with E-state index in [0.717, 1.165) is 31.7 Å². The number of methoxy groups -OCH3 is 1. The largest absolute Gasteiger partial charge is 0.497 e. The second-order valence-electron chi connectivity index (χ2n) is 5.45. The van der Waals surface area contributed by atoms with Crippen LogP contribution in [0.1, 0.15) is 37.2 Å². The van der Waals surface area contributed by atoms with E-state index in [2.05, 4.69) is 34.3 Å². The molecular formula is C18H24N4O2. The van der Waals surface area contributed by atoms with Gasteiger partial charge in [-0.3, -0.25) is 4.79 Å². The van der Waals surface area contributed by atoms with Crippen molar-refractivity contribution in [3.05, 3.63) is 42.1 Å². The molecule has 1 amide bonds. The van der Waals surface area contributed by atoms with Crippen LogP contribution in [0.25, 0.3) is 0 Å². The van der Waals surface area contributed by atoms with Crippen LogP contribution in [0.5, 0.6) is 5.75 Å². The Labute approximate surface area is 142 Å². The predicted molar refractivity (Wildman–Crippen MR) is 95.8 cm³/mol. The highest BCUT2D eigenvalue weighted by Crippen LogP contribution is 2.17. The summed E-state index contributed by atoms with van der Waals surface area (Å²) in [6.07, 6.45) is 2.08. The van der Waals surface area contributed by atoms with Crippen molar-refractivity contribution >= 4 is 17.4 Å². The zero-order valence-corrected chi connectivity index (χ0v) is 14.5. The van der Waals surface area contributed by atoms with Crippen molar-refractivity contribution in [3.8, 4) is 5.75 Å². The zero-order chi connectivity index (χ0) is 17.4. The topological polar surface area (TPSA) is 67.4 Å². The highest BCUT2D eigenvalue weighted by atomic mass is 16.5. The molecule has 6 nitrogen and oxygen atoms in total. The van der Waals surface area contributed by atoms with Crippen molar-refractivity contribution in [1.29, 1.82) is 0 Å². The molecule has 0 aliphatic heterocycles. The van der Waals surface area contributed by atoms with E-state index in [4.69, 9.17) is 4.74 Å². The molecule has 2 aromatic rings. The maximum Gasteiger partial charge on any atom is 0.276 e. The van der Waals surface area contributed by atoms with Gasteiger partial charge in [-0.15, -0.1) is 10.2 Å². The Morgan fingerprint density at radius 3 is 2.46 bits per heavy atom. The molecule has 0 bridgehead atoms. The van der Waals surface area contributed by atoms with Crippen molar-refractivity contribution in [3.63, 3.8) is 0 Å². The third-order valence-electron chi connectivity index (χ3n) is 3.52. The Kier molecular flexibility index (Phi) is 6.54. The van der Waals surface area contributed by atoms with Crippen LogP contribution in [0.3, 0.4) is 0 Å². The van der Waals surface area contributed by atoms with E-state index in [-0.39, 0.29) is 11.6 Å². The Bertz CT molecular complexity index is 652. The van der Waals surface area contributed by atoms with Gasteiger partial charge in [0.2, 0.25) is 0 Å². The molecule has 1 N–H and O–H groups in total. The van der Waals surface area contributed by atoms with Gasteiger partial charge in [-0.25, -0.2) is 0 Å². The molecule has 0 aliphatic carbocycles. The SMILES string of the molecule is CCCN(CCC)c1ccc(C(=O)Nc2cccc(OC)c2)nn1. The van der Waals surface area contributed by atoms with Gasteiger partial charge < -0.3 is 15.0 Å². The first-order valence-electron chi connectivity index (χ1n) is 8.22. The molecule has 0 saturated heterocycles. The van der Waals surface area contributed by atoms with Crippen LogP contribution in [-0.2, 0) is 0 Å². The van der Waals surface area contributed by atoms with Crippen molar-refractivity contribution in [2.24, 2.45) is 0 Å². The molecular weight excluding hydrogens is 304 g/mol. The van der Waals surface area contributed by atoms with Crippen molar-refractivity contribution in [1.82, 2.24) is 10.2 Å². The standard InChI is InChI=1S/C18H24N4O2/c1-4-11-22(12-5-2)17-10-9-16(20-21-17)18(23)19-14-7-6-8-15(13-14)24-3/h6-10,13H,4-5,11-12H2,1-3H3,(H,19,23). The van der Waals surface area contributed by atoms with Crippen molar-refractivity contribution in [2.75, 3.05) is 30.4 Å². The zero-order valence-electron chi connectivity index (χ0n) is 14.5. The number of rotatable bonds is 8. The lowest BCUT2D eigenvalue weighted by Crippen LogP contribution is -2.26. The summed E-state index contributed by atoms with van der Waals surface area (Å²) < 4.78 is 5.15. The first-order valence-corrected chi connectivity index (χ1v) is 8.22. The van der Waals surface area contributed by atoms with Gasteiger partial charge in [-0.2, -0.15) is 0 Å². The first kappa shape index (κ1) is 17.7. The van der Waals surface area contributed by atoms with Gasteiger partial charge in [0.25, 0.3) is 5.91 Å². The molecule has 0 radical (unpaired) electrons. The van der Waals surface area contributed by atoms with Crippen LogP contribution >= 0.6 is 0 Å². The van der Waals surface area contributed by atoms with E-state index >= 15 is 0 Å². The van der Waals surface area contributed by atoms with Gasteiger partial charge in [0.1, 0.15) is 5.75 Å². The minimum absolute atomic E-state index is 0.287. The summed E-state index contributed by atoms with van der Waals surface area (Å²) in [6.45, 7) is 6.12. The third kappa shape index (κ3) is 4.68. The van der Waals surface area contributed by atoms with Gasteiger partial charge in [0.15, 0.2) is 11.5 Å². The highest BCUT2D eigenvalue weighted by Gasteiger charge is 2.11. The number of amides is 1. The summed E-state index contributed by atoms with van der Waals surface area (Å²) in [7, 11) is 1.59. The summed E-state index contributed by atoms with van der Waals surface area (Å²) in [5.41, 5.74) is 0.943. The van der Waals surface area contributed by atoms with Crippen LogP contribution < -0.4 is 15.0 Å². The number of carbonyl (C=O) groups excluding carboxylic acids is 1. The van der Waals surface area contributed by atoms with E-state index < -0.39 is 0 Å². The Balaban J connectivity index is 2.07. The van der Waals surface area contributed by atoms with Crippen molar-refractivity contribution < 1.29 is 9.53 Å². The number of nitrogens with zero attached hydrogens (tertiary/aromatic N) is 3. The molecule has 2 rings (SSSR count). The lowest BCUT2D eigenvalue weighted by atomic mass is 10.2. The molecule has 6 heteroatoms. The molecule has 0 aliphatic rings. The Morgan fingerprint density at radius 2 is 1.88 bits per heavy atom. The van der Waals surface area contributed by atoms with Crippen molar-refractivity contribution in [2.45, 2.75) is 26.7 Å². The first-order chi connectivity index (χ1) is 11.7. The van der Waals surface area contributed by atoms with Gasteiger partial charge in [-0.05, 0) is 37.1 Å². The smallest absolute Gasteiger partial charge is 0.276 e. The number of anilines is 2. The second-order valence-corrected chi connectivity index (χ2v) is 5.45. The molecule has 0 spiro atoms. The van der Waals surface area contributed by atoms with E-state index in [1.807, 2.05) is 18.2 Å². The average Bonchev–Trinajstić information content (AvgIpc) is 2.62. The predicted octanol–water partition coefficient (Wildman–Crippen LogP) is 3.36. The lowest BCUT2D eigenvalue weighted by Gasteiger charge is -2.21. The molecule has 0 saturated carbocycles. The normalized spacial score (nSPS) is 10.3. The molecule has 0 atom stereocenters. The summed E-state index contributed by atoms with van der Waals surface area (Å²) >= 11 is 0. The van der Waals surface area contributed by atoms with E-state index in [0.29, 0.717) is 11.4 Å². The minimum atomic E-state index is -0.292. The third-order valence-corrected chi connectivity index (χ3v) is 3.52. The molecule has 0 unspecified atom stereocenters. The molecule has 1 heterocycles. The number of benzene rings is 1. The summed E-state index contributed by atoms with van der Waals surface area (Å²) in [5.74, 6) is 1.19. The number of ether oxygens (including phenoxy) is 1. The van der Waals surface area contributed by atoms with Crippen LogP contribution in [0.15, 0.2) is 36.4 Å². The van der Waals surface area contributed by atoms with Gasteiger partial charge in [-0.1, -0.05) is 19.9 Å². The number of aromatic nitrogens is 2. The molecule has 1 aromatic heterocycles. The van der Waals surface area contributed by atoms with Gasteiger partial charge >= 0.3 is 0 Å². The summed E-state index contributed by atoms with van der Waals surface area (Å²) in [5, 5.41) is 11.1. The maximum atomic E-state index is 12.3. The average molecular weight is 328 g/mol. The van der Waals surface area contributed by atoms with Gasteiger partial charge in [0, 0.05) is 24.8 Å². The van der Waals surface area contributed by atoms with Crippen LogP contribution in [-0.4, -0.2) is 36.3 Å². The molecule has 0 fully saturated rings. The number of hydrogen-bond acceptors (Lipinski definition) is 5. The Hall–Kier alpha value is -2.63. The molecule has 24 heavy (non-hydrogen) atoms. The van der Waals surface area contributed by atoms with E-state index in [1.54, 1.807) is 25.3 Å².